The maximum absolute atomic E-state index is 10.5. The van der Waals surface area contributed by atoms with Crippen molar-refractivity contribution in [2.24, 2.45) is 0 Å². The summed E-state index contributed by atoms with van der Waals surface area (Å²) in [4.78, 5) is 0. The van der Waals surface area contributed by atoms with Gasteiger partial charge in [0.2, 0.25) is 0 Å². The molecule has 0 atom stereocenters. The molecule has 2 aromatic carbocycles. The van der Waals surface area contributed by atoms with Crippen molar-refractivity contribution in [1.82, 2.24) is 0 Å². The average Bonchev–Trinajstić information content (AvgIpc) is 3.01. The molecule has 2 aromatic rings. The van der Waals surface area contributed by atoms with Crippen LogP contribution in [0.15, 0.2) is 48.5 Å². The maximum Gasteiger partial charge on any atom is 2.00 e. The smallest absolute Gasteiger partial charge is 0.748 e. The van der Waals surface area contributed by atoms with Crippen molar-refractivity contribution < 1.29 is 35.4 Å². The average molecular weight is 723 g/mol. The quantitative estimate of drug-likeness (QED) is 0.0539. The van der Waals surface area contributed by atoms with Crippen LogP contribution in [-0.2, 0) is 33.1 Å². The summed E-state index contributed by atoms with van der Waals surface area (Å²) in [7, 11) is -8.27. The van der Waals surface area contributed by atoms with E-state index in [2.05, 4.69) is 38.1 Å². The molecule has 264 valence electrons. The molecule has 0 unspecified atom stereocenters. The summed E-state index contributed by atoms with van der Waals surface area (Å²) in [6.45, 7) is 4.97. The summed E-state index contributed by atoms with van der Waals surface area (Å²) in [5.41, 5.74) is 2.60. The Labute approximate surface area is 316 Å². The van der Waals surface area contributed by atoms with Gasteiger partial charge in [-0.25, -0.2) is 16.8 Å². The summed E-state index contributed by atoms with van der Waals surface area (Å²) in [5, 5.41) is 0. The Bertz CT molecular complexity index is 1120. The zero-order valence-electron chi connectivity index (χ0n) is 29.0. The molecule has 2 rings (SSSR count). The van der Waals surface area contributed by atoms with Crippen LogP contribution in [0.25, 0.3) is 0 Å². The molecule has 0 radical (unpaired) electrons. The molecule has 0 saturated heterocycles. The Morgan fingerprint density at radius 1 is 0.468 bits per heavy atom. The van der Waals surface area contributed by atoms with Gasteiger partial charge in [0.1, 0.15) is 11.5 Å². The SMILES string of the molecule is CCCCCCCCCc1ccc(OCCCS(=O)(=O)[O-])cc1.CCCCCCCCCc1ccc(OCCCS(=O)(=O)[O-])cc1.[Ca+2]. The van der Waals surface area contributed by atoms with Gasteiger partial charge < -0.3 is 18.6 Å². The molecule has 0 N–H and O–H groups in total. The van der Waals surface area contributed by atoms with Gasteiger partial charge in [-0.2, -0.15) is 0 Å². The van der Waals surface area contributed by atoms with E-state index in [4.69, 9.17) is 9.47 Å². The van der Waals surface area contributed by atoms with Crippen molar-refractivity contribution >= 4 is 58.0 Å². The first-order valence-corrected chi connectivity index (χ1v) is 20.5. The van der Waals surface area contributed by atoms with E-state index in [1.807, 2.05) is 24.3 Å². The Morgan fingerprint density at radius 3 is 1.06 bits per heavy atom. The predicted octanol–water partition coefficient (Wildman–Crippen LogP) is 8.21. The maximum atomic E-state index is 10.5. The Kier molecular flexibility index (Phi) is 28.4. The Morgan fingerprint density at radius 2 is 0.766 bits per heavy atom. The van der Waals surface area contributed by atoms with Gasteiger partial charge in [0.25, 0.3) is 0 Å². The van der Waals surface area contributed by atoms with Crippen LogP contribution in [0, 0.1) is 0 Å². The minimum Gasteiger partial charge on any atom is -0.748 e. The molecule has 0 bridgehead atoms. The number of unbranched alkanes of at least 4 members (excludes halogenated alkanes) is 12. The fourth-order valence-corrected chi connectivity index (χ4v) is 5.87. The molecule has 11 heteroatoms. The molecule has 0 amide bonds. The number of hydrogen-bond acceptors (Lipinski definition) is 8. The summed E-state index contributed by atoms with van der Waals surface area (Å²) in [6.07, 6.45) is 21.0. The molecule has 0 aliphatic carbocycles. The number of rotatable bonds is 26. The predicted molar refractivity (Wildman–Crippen MR) is 191 cm³/mol. The monoisotopic (exact) mass is 722 g/mol. The minimum atomic E-state index is -4.14. The molecule has 47 heavy (non-hydrogen) atoms. The van der Waals surface area contributed by atoms with Crippen molar-refractivity contribution in [3.05, 3.63) is 59.7 Å². The van der Waals surface area contributed by atoms with E-state index in [9.17, 15) is 25.9 Å². The molecule has 0 spiro atoms. The first-order chi connectivity index (χ1) is 22.0. The first-order valence-electron chi connectivity index (χ1n) is 17.3. The van der Waals surface area contributed by atoms with Gasteiger partial charge >= 0.3 is 37.7 Å². The summed E-state index contributed by atoms with van der Waals surface area (Å²) >= 11 is 0. The Balaban J connectivity index is 0.000000882. The van der Waals surface area contributed by atoms with E-state index in [1.165, 1.54) is 101 Å². The fourth-order valence-electron chi connectivity index (χ4n) is 4.93. The van der Waals surface area contributed by atoms with Gasteiger partial charge in [-0.05, 0) is 73.9 Å². The van der Waals surface area contributed by atoms with Crippen molar-refractivity contribution in [2.75, 3.05) is 24.7 Å². The summed E-state index contributed by atoms with van der Waals surface area (Å²) in [6, 6.07) is 15.8. The topological polar surface area (TPSA) is 133 Å². The third kappa shape index (κ3) is 29.7. The number of ether oxygens (including phenoxy) is 2. The summed E-state index contributed by atoms with van der Waals surface area (Å²) < 4.78 is 73.7. The molecule has 8 nitrogen and oxygen atoms in total. The second kappa shape index (κ2) is 28.9. The third-order valence-electron chi connectivity index (χ3n) is 7.60. The molecule has 0 fully saturated rings. The second-order valence-electron chi connectivity index (χ2n) is 12.0. The number of hydrogen-bond donors (Lipinski definition) is 0. The van der Waals surface area contributed by atoms with E-state index < -0.39 is 20.2 Å². The van der Waals surface area contributed by atoms with E-state index in [0.29, 0.717) is 0 Å². The molecule has 0 heterocycles. The molecular weight excluding hydrogens is 665 g/mol. The molecule has 0 saturated carbocycles. The van der Waals surface area contributed by atoms with Gasteiger partial charge in [0.05, 0.1) is 33.5 Å². The van der Waals surface area contributed by atoms with Gasteiger partial charge in [-0.15, -0.1) is 0 Å². The van der Waals surface area contributed by atoms with Crippen LogP contribution in [0.4, 0.5) is 0 Å². The van der Waals surface area contributed by atoms with E-state index in [1.54, 1.807) is 0 Å². The van der Waals surface area contributed by atoms with Crippen LogP contribution < -0.4 is 9.47 Å². The van der Waals surface area contributed by atoms with Crippen molar-refractivity contribution in [3.63, 3.8) is 0 Å². The molecular formula is C36H58CaO8S2. The van der Waals surface area contributed by atoms with E-state index in [-0.39, 0.29) is 75.3 Å². The van der Waals surface area contributed by atoms with Crippen LogP contribution in [0.1, 0.15) is 128 Å². The normalized spacial score (nSPS) is 11.3. The number of benzene rings is 2. The largest absolute Gasteiger partial charge is 2.00 e. The third-order valence-corrected chi connectivity index (χ3v) is 9.18. The second-order valence-corrected chi connectivity index (χ2v) is 15.0. The minimum absolute atomic E-state index is 0. The van der Waals surface area contributed by atoms with Crippen LogP contribution in [0.3, 0.4) is 0 Å². The van der Waals surface area contributed by atoms with E-state index >= 15 is 0 Å². The van der Waals surface area contributed by atoms with Gasteiger partial charge in [-0.1, -0.05) is 115 Å². The van der Waals surface area contributed by atoms with Crippen LogP contribution in [-0.4, -0.2) is 88.4 Å². The number of aryl methyl sites for hydroxylation is 2. The van der Waals surface area contributed by atoms with Crippen molar-refractivity contribution in [1.29, 1.82) is 0 Å². The van der Waals surface area contributed by atoms with Crippen LogP contribution >= 0.6 is 0 Å². The van der Waals surface area contributed by atoms with Crippen LogP contribution in [0.5, 0.6) is 11.5 Å². The molecule has 0 aliphatic heterocycles. The van der Waals surface area contributed by atoms with Crippen molar-refractivity contribution in [3.8, 4) is 11.5 Å². The fraction of sp³-hybridized carbons (Fsp3) is 0.667. The zero-order valence-corrected chi connectivity index (χ0v) is 32.8. The van der Waals surface area contributed by atoms with Gasteiger partial charge in [0, 0.05) is 11.5 Å². The standard InChI is InChI=1S/2C18H30O4S.Ca/c2*1-2-3-4-5-6-7-8-10-17-11-13-18(14-12-17)22-15-9-16-23(19,20)21;/h2*11-14H,2-10,15-16H2,1H3,(H,19,20,21);/q;;+2/p-2. The Hall–Kier alpha value is -0.880. The van der Waals surface area contributed by atoms with Crippen LogP contribution in [0.2, 0.25) is 0 Å². The van der Waals surface area contributed by atoms with Gasteiger partial charge in [0.15, 0.2) is 0 Å². The zero-order chi connectivity index (χ0) is 33.9. The molecule has 0 aliphatic rings. The van der Waals surface area contributed by atoms with E-state index in [0.717, 1.165) is 24.3 Å². The van der Waals surface area contributed by atoms with Gasteiger partial charge in [-0.3, -0.25) is 0 Å². The summed E-state index contributed by atoms with van der Waals surface area (Å²) in [5.74, 6) is 0.695. The first kappa shape index (κ1) is 46.1. The van der Waals surface area contributed by atoms with Crippen molar-refractivity contribution in [2.45, 2.75) is 129 Å². The molecule has 0 aromatic heterocycles.